The predicted octanol–water partition coefficient (Wildman–Crippen LogP) is 4.56. The van der Waals surface area contributed by atoms with E-state index in [4.69, 9.17) is 9.26 Å². The number of carbonyl (C=O) groups excluding carboxylic acids is 2. The highest BCUT2D eigenvalue weighted by Crippen LogP contribution is 2.31. The van der Waals surface area contributed by atoms with Crippen LogP contribution in [0.15, 0.2) is 70.1 Å². The van der Waals surface area contributed by atoms with Crippen molar-refractivity contribution in [3.8, 4) is 5.75 Å². The average molecular weight is 650 g/mol. The van der Waals surface area contributed by atoms with Crippen molar-refractivity contribution in [3.05, 3.63) is 77.7 Å². The Hall–Kier alpha value is -4.46. The van der Waals surface area contributed by atoms with Crippen LogP contribution in [-0.4, -0.2) is 78.7 Å². The Kier molecular flexibility index (Phi) is 9.66. The van der Waals surface area contributed by atoms with Crippen LogP contribution in [0.25, 0.3) is 10.8 Å². The number of aliphatic hydroxyl groups excluding tert-OH is 1. The zero-order valence-corrected chi connectivity index (χ0v) is 27.3. The molecule has 13 heteroatoms. The predicted molar refractivity (Wildman–Crippen MR) is 174 cm³/mol. The summed E-state index contributed by atoms with van der Waals surface area (Å²) in [5.74, 6) is 0.0338. The summed E-state index contributed by atoms with van der Waals surface area (Å²) >= 11 is 0. The van der Waals surface area contributed by atoms with E-state index in [0.717, 1.165) is 10.8 Å². The van der Waals surface area contributed by atoms with Crippen LogP contribution in [0.1, 0.15) is 30.9 Å². The number of urea groups is 1. The molecular weight excluding hydrogens is 610 g/mol. The zero-order valence-electron chi connectivity index (χ0n) is 26.5. The van der Waals surface area contributed by atoms with Crippen molar-refractivity contribution >= 4 is 44.1 Å². The molecule has 3 aromatic carbocycles. The number of aryl methyl sites for hydroxylation is 2. The molecular formula is C33H39N5O7S. The number of aliphatic hydroxyl groups is 1. The monoisotopic (exact) mass is 649 g/mol. The number of fused-ring (bicyclic) bond motifs is 2. The third-order valence-corrected chi connectivity index (χ3v) is 10.4. The van der Waals surface area contributed by atoms with Crippen molar-refractivity contribution in [1.29, 1.82) is 0 Å². The van der Waals surface area contributed by atoms with Crippen molar-refractivity contribution < 1.29 is 32.4 Å². The van der Waals surface area contributed by atoms with Crippen molar-refractivity contribution in [2.24, 2.45) is 5.92 Å². The number of hydrogen-bond donors (Lipinski definition) is 3. The molecule has 12 nitrogen and oxygen atoms in total. The number of sulfonamides is 1. The minimum absolute atomic E-state index is 0.00863. The molecule has 244 valence electrons. The second-order valence-corrected chi connectivity index (χ2v) is 13.7. The van der Waals surface area contributed by atoms with Crippen LogP contribution in [-0.2, 0) is 21.2 Å². The molecule has 5 rings (SSSR count). The van der Waals surface area contributed by atoms with Crippen molar-refractivity contribution in [2.75, 3.05) is 37.4 Å². The fourth-order valence-electron chi connectivity index (χ4n) is 5.69. The molecule has 4 aromatic rings. The van der Waals surface area contributed by atoms with E-state index in [1.807, 2.05) is 49.4 Å². The number of ether oxygens (including phenoxy) is 1. The first kappa shape index (κ1) is 32.9. The molecule has 0 radical (unpaired) electrons. The van der Waals surface area contributed by atoms with Gasteiger partial charge in [-0.1, -0.05) is 48.5 Å². The van der Waals surface area contributed by atoms with E-state index < -0.39 is 28.2 Å². The van der Waals surface area contributed by atoms with Gasteiger partial charge in [0.05, 0.1) is 31.3 Å². The molecule has 0 aliphatic carbocycles. The lowest BCUT2D eigenvalue weighted by Gasteiger charge is -2.33. The van der Waals surface area contributed by atoms with Gasteiger partial charge in [0.25, 0.3) is 0 Å². The van der Waals surface area contributed by atoms with Gasteiger partial charge < -0.3 is 29.9 Å². The van der Waals surface area contributed by atoms with Gasteiger partial charge in [-0.05, 0) is 50.4 Å². The molecule has 0 bridgehead atoms. The Labute approximate surface area is 268 Å². The maximum absolute atomic E-state index is 13.6. The van der Waals surface area contributed by atoms with Crippen LogP contribution in [0, 0.1) is 19.8 Å². The van der Waals surface area contributed by atoms with Crippen LogP contribution in [0.5, 0.6) is 5.75 Å². The number of carbonyl (C=O) groups is 2. The maximum Gasteiger partial charge on any atom is 0.323 e. The van der Waals surface area contributed by atoms with Gasteiger partial charge in [-0.15, -0.1) is 0 Å². The lowest BCUT2D eigenvalue weighted by molar-refractivity contribution is -0.134. The second-order valence-electron chi connectivity index (χ2n) is 11.8. The summed E-state index contributed by atoms with van der Waals surface area (Å²) in [7, 11) is -2.51. The van der Waals surface area contributed by atoms with Gasteiger partial charge in [0.2, 0.25) is 15.9 Å². The smallest absolute Gasteiger partial charge is 0.323 e. The third-order valence-electron chi connectivity index (χ3n) is 8.29. The fourth-order valence-corrected chi connectivity index (χ4v) is 7.16. The van der Waals surface area contributed by atoms with Crippen molar-refractivity contribution in [3.63, 3.8) is 0 Å². The van der Waals surface area contributed by atoms with Gasteiger partial charge in [-0.3, -0.25) is 4.79 Å². The van der Waals surface area contributed by atoms with Crippen LogP contribution < -0.4 is 15.4 Å². The van der Waals surface area contributed by atoms with E-state index in [1.165, 1.54) is 11.4 Å². The third kappa shape index (κ3) is 6.86. The summed E-state index contributed by atoms with van der Waals surface area (Å²) < 4.78 is 39.8. The number of amides is 3. The summed E-state index contributed by atoms with van der Waals surface area (Å²) in [6.07, 6.45) is -0.723. The lowest BCUT2D eigenvalue weighted by Crippen LogP contribution is -2.48. The Morgan fingerprint density at radius 3 is 2.59 bits per heavy atom. The van der Waals surface area contributed by atoms with E-state index in [-0.39, 0.29) is 54.3 Å². The van der Waals surface area contributed by atoms with Gasteiger partial charge >= 0.3 is 6.03 Å². The molecule has 0 saturated carbocycles. The molecule has 0 unspecified atom stereocenters. The number of anilines is 2. The Balaban J connectivity index is 1.42. The van der Waals surface area contributed by atoms with Gasteiger partial charge in [-0.2, -0.15) is 4.31 Å². The highest BCUT2D eigenvalue weighted by molar-refractivity contribution is 7.89. The van der Waals surface area contributed by atoms with Crippen molar-refractivity contribution in [2.45, 2.75) is 51.2 Å². The number of hydrogen-bond acceptors (Lipinski definition) is 8. The number of likely N-dealkylation sites (N-methyl/N-ethyl adjacent to an activating group) is 1. The van der Waals surface area contributed by atoms with Gasteiger partial charge in [-0.25, -0.2) is 13.2 Å². The van der Waals surface area contributed by atoms with E-state index in [0.29, 0.717) is 22.7 Å². The molecule has 0 spiro atoms. The Morgan fingerprint density at radius 1 is 1.13 bits per heavy atom. The van der Waals surface area contributed by atoms with E-state index in [9.17, 15) is 23.1 Å². The number of benzene rings is 3. The lowest BCUT2D eigenvalue weighted by atomic mass is 10.0. The molecule has 2 heterocycles. The van der Waals surface area contributed by atoms with Gasteiger partial charge in [0.1, 0.15) is 22.4 Å². The average Bonchev–Trinajstić information content (AvgIpc) is 3.39. The standard InChI is InChI=1S/C33H39N5O7S/c1-20-17-38(21(2)19-39)31(40)16-25-15-26(34-33(41)35-28-12-8-10-24-9-6-7-11-27(24)28)13-14-29(25)44-30(20)18-37(5)46(42,43)32-22(3)36-45-23(32)4/h6-15,20-21,30,39H,16-19H2,1-5H3,(H2,34,35,41)/t20-,21+,30+/m1/s1. The molecule has 1 aliphatic rings. The Morgan fingerprint density at radius 2 is 1.87 bits per heavy atom. The zero-order chi connectivity index (χ0) is 33.2. The number of nitrogens with zero attached hydrogens (tertiary/aromatic N) is 3. The van der Waals surface area contributed by atoms with Crippen LogP contribution in [0.4, 0.5) is 16.2 Å². The molecule has 3 atom stereocenters. The Bertz CT molecular complexity index is 1830. The topological polar surface area (TPSA) is 154 Å². The second kappa shape index (κ2) is 13.5. The molecule has 3 amide bonds. The minimum Gasteiger partial charge on any atom is -0.488 e. The quantitative estimate of drug-likeness (QED) is 0.251. The van der Waals surface area contributed by atoms with Crippen LogP contribution in [0.3, 0.4) is 0 Å². The maximum atomic E-state index is 13.6. The number of nitrogens with one attached hydrogen (secondary N) is 2. The normalized spacial score (nSPS) is 17.9. The molecule has 1 aliphatic heterocycles. The first-order valence-electron chi connectivity index (χ1n) is 15.0. The SMILES string of the molecule is Cc1noc(C)c1S(=O)(=O)N(C)C[C@@H]1Oc2ccc(NC(=O)Nc3cccc4ccccc34)cc2CC(=O)N([C@@H](C)CO)C[C@H]1C. The number of aromatic nitrogens is 1. The first-order valence-corrected chi connectivity index (χ1v) is 16.5. The van der Waals surface area contributed by atoms with E-state index >= 15 is 0 Å². The highest BCUT2D eigenvalue weighted by Gasteiger charge is 2.35. The largest absolute Gasteiger partial charge is 0.488 e. The molecule has 0 saturated heterocycles. The van der Waals surface area contributed by atoms with E-state index in [1.54, 1.807) is 43.9 Å². The fraction of sp³-hybridized carbons (Fsp3) is 0.364. The summed E-state index contributed by atoms with van der Waals surface area (Å²) in [6, 6.07) is 17.4. The summed E-state index contributed by atoms with van der Waals surface area (Å²) in [5, 5.41) is 21.4. The highest BCUT2D eigenvalue weighted by atomic mass is 32.2. The molecule has 46 heavy (non-hydrogen) atoms. The summed E-state index contributed by atoms with van der Waals surface area (Å²) in [5.41, 5.74) is 1.86. The summed E-state index contributed by atoms with van der Waals surface area (Å²) in [6.45, 7) is 6.71. The molecule has 1 aromatic heterocycles. The molecule has 3 N–H and O–H groups in total. The number of rotatable bonds is 8. The van der Waals surface area contributed by atoms with Crippen LogP contribution in [0.2, 0.25) is 0 Å². The van der Waals surface area contributed by atoms with Crippen LogP contribution >= 0.6 is 0 Å². The van der Waals surface area contributed by atoms with Gasteiger partial charge in [0.15, 0.2) is 5.76 Å². The molecule has 0 fully saturated rings. The summed E-state index contributed by atoms with van der Waals surface area (Å²) in [4.78, 5) is 28.2. The first-order chi connectivity index (χ1) is 21.9. The van der Waals surface area contributed by atoms with Gasteiger partial charge in [0, 0.05) is 36.1 Å². The van der Waals surface area contributed by atoms with E-state index in [2.05, 4.69) is 15.8 Å². The minimum atomic E-state index is -3.97. The van der Waals surface area contributed by atoms with Crippen molar-refractivity contribution in [1.82, 2.24) is 14.4 Å².